The molecule has 9 heteroatoms. The van der Waals surface area contributed by atoms with Crippen LogP contribution in [0.5, 0.6) is 0 Å². The van der Waals surface area contributed by atoms with Crippen molar-refractivity contribution in [2.45, 2.75) is 51.6 Å². The summed E-state index contributed by atoms with van der Waals surface area (Å²) in [5, 5.41) is 0.230. The van der Waals surface area contributed by atoms with E-state index in [0.717, 1.165) is 19.3 Å². The Morgan fingerprint density at radius 3 is 2.45 bits per heavy atom. The number of hydrogen-bond donors (Lipinski definition) is 0. The van der Waals surface area contributed by atoms with E-state index in [0.29, 0.717) is 25.3 Å². The van der Waals surface area contributed by atoms with Crippen LogP contribution in [-0.4, -0.2) is 49.4 Å². The Hall–Kier alpha value is -2.42. The van der Waals surface area contributed by atoms with Crippen molar-refractivity contribution >= 4 is 32.5 Å². The molecule has 0 aromatic carbocycles. The average Bonchev–Trinajstić information content (AvgIpc) is 2.74. The van der Waals surface area contributed by atoms with Gasteiger partial charge in [-0.2, -0.15) is 0 Å². The smallest absolute Gasteiger partial charge is 0.343 e. The minimum atomic E-state index is -3.60. The molecule has 8 nitrogen and oxygen atoms in total. The van der Waals surface area contributed by atoms with E-state index in [9.17, 15) is 18.0 Å². The topological polar surface area (TPSA) is 98.6 Å². The number of pyridine rings is 2. The quantitative estimate of drug-likeness (QED) is 0.660. The van der Waals surface area contributed by atoms with Crippen molar-refractivity contribution in [2.75, 3.05) is 30.3 Å². The predicted molar refractivity (Wildman–Crippen MR) is 111 cm³/mol. The van der Waals surface area contributed by atoms with Crippen LogP contribution in [0.1, 0.15) is 50.4 Å². The molecule has 3 heterocycles. The number of piperidine rings is 1. The van der Waals surface area contributed by atoms with Crippen molar-refractivity contribution in [3.63, 3.8) is 0 Å². The first kappa shape index (κ1) is 21.3. The molecular weight excluding hydrogens is 394 g/mol. The third-order valence-electron chi connectivity index (χ3n) is 5.20. The SMILES string of the molecule is CCOC(=O)c1cn(CC)c2nc(S(=O)(=O)CC)c(N3CCCCC3)cc2c1=O. The lowest BCUT2D eigenvalue weighted by molar-refractivity contribution is 0.0524. The molecular formula is C20H27N3O5S. The first-order chi connectivity index (χ1) is 13.8. The number of anilines is 1. The summed E-state index contributed by atoms with van der Waals surface area (Å²) in [6.45, 7) is 7.09. The fourth-order valence-corrected chi connectivity index (χ4v) is 4.61. The van der Waals surface area contributed by atoms with Crippen LogP contribution in [0.4, 0.5) is 5.69 Å². The lowest BCUT2D eigenvalue weighted by Crippen LogP contribution is -2.32. The van der Waals surface area contributed by atoms with Gasteiger partial charge in [-0.25, -0.2) is 18.2 Å². The zero-order chi connectivity index (χ0) is 21.2. The predicted octanol–water partition coefficient (Wildman–Crippen LogP) is 2.38. The number of nitrogens with zero attached hydrogens (tertiary/aromatic N) is 3. The molecule has 0 saturated carbocycles. The summed E-state index contributed by atoms with van der Waals surface area (Å²) in [6, 6.07) is 1.59. The van der Waals surface area contributed by atoms with Crippen molar-refractivity contribution in [1.29, 1.82) is 0 Å². The minimum Gasteiger partial charge on any atom is -0.462 e. The fourth-order valence-electron chi connectivity index (χ4n) is 3.61. The molecule has 158 valence electrons. The number of sulfone groups is 1. The second kappa shape index (κ2) is 8.52. The Kier molecular flexibility index (Phi) is 6.26. The lowest BCUT2D eigenvalue weighted by atomic mass is 10.1. The van der Waals surface area contributed by atoms with Gasteiger partial charge in [-0.3, -0.25) is 4.79 Å². The van der Waals surface area contributed by atoms with E-state index in [1.807, 2.05) is 11.8 Å². The number of carbonyl (C=O) groups excluding carboxylic acids is 1. The van der Waals surface area contributed by atoms with Gasteiger partial charge in [0.2, 0.25) is 5.43 Å². The monoisotopic (exact) mass is 421 g/mol. The lowest BCUT2D eigenvalue weighted by Gasteiger charge is -2.30. The Bertz CT molecular complexity index is 1090. The molecule has 2 aromatic heterocycles. The summed E-state index contributed by atoms with van der Waals surface area (Å²) in [5.41, 5.74) is 0.145. The molecule has 1 fully saturated rings. The number of rotatable bonds is 6. The van der Waals surface area contributed by atoms with Gasteiger partial charge in [-0.05, 0) is 39.2 Å². The van der Waals surface area contributed by atoms with Crippen LogP contribution in [-0.2, 0) is 21.1 Å². The normalized spacial score (nSPS) is 14.9. The highest BCUT2D eigenvalue weighted by Crippen LogP contribution is 2.30. The average molecular weight is 422 g/mol. The Morgan fingerprint density at radius 2 is 1.86 bits per heavy atom. The summed E-state index contributed by atoms with van der Waals surface area (Å²) in [4.78, 5) is 31.8. The maximum Gasteiger partial charge on any atom is 0.343 e. The van der Waals surface area contributed by atoms with Gasteiger partial charge in [-0.15, -0.1) is 0 Å². The van der Waals surface area contributed by atoms with E-state index in [2.05, 4.69) is 4.98 Å². The van der Waals surface area contributed by atoms with Crippen molar-refractivity contribution in [3.8, 4) is 0 Å². The van der Waals surface area contributed by atoms with Crippen LogP contribution in [0.25, 0.3) is 11.0 Å². The first-order valence-corrected chi connectivity index (χ1v) is 11.7. The minimum absolute atomic E-state index is 0.000107. The summed E-state index contributed by atoms with van der Waals surface area (Å²) in [5.74, 6) is -0.768. The highest BCUT2D eigenvalue weighted by atomic mass is 32.2. The second-order valence-corrected chi connectivity index (χ2v) is 9.21. The van der Waals surface area contributed by atoms with Gasteiger partial charge in [0.15, 0.2) is 14.9 Å². The fraction of sp³-hybridized carbons (Fsp3) is 0.550. The molecule has 1 saturated heterocycles. The third-order valence-corrected chi connectivity index (χ3v) is 6.85. The summed E-state index contributed by atoms with van der Waals surface area (Å²) >= 11 is 0. The molecule has 0 spiro atoms. The van der Waals surface area contributed by atoms with Gasteiger partial charge >= 0.3 is 5.97 Å². The third kappa shape index (κ3) is 4.01. The largest absolute Gasteiger partial charge is 0.462 e. The second-order valence-electron chi connectivity index (χ2n) is 7.01. The van der Waals surface area contributed by atoms with Gasteiger partial charge in [0.05, 0.1) is 23.4 Å². The summed E-state index contributed by atoms with van der Waals surface area (Å²) in [7, 11) is -3.60. The Labute approximate surface area is 170 Å². The first-order valence-electron chi connectivity index (χ1n) is 10.1. The van der Waals surface area contributed by atoms with E-state index in [4.69, 9.17) is 4.74 Å². The zero-order valence-electron chi connectivity index (χ0n) is 17.1. The molecule has 3 rings (SSSR count). The molecule has 1 aliphatic heterocycles. The number of esters is 1. The van der Waals surface area contributed by atoms with Crippen LogP contribution in [0, 0.1) is 0 Å². The number of aryl methyl sites for hydroxylation is 1. The van der Waals surface area contributed by atoms with Crippen molar-refractivity contribution in [1.82, 2.24) is 9.55 Å². The molecule has 0 atom stereocenters. The maximum absolute atomic E-state index is 13.1. The number of carbonyl (C=O) groups is 1. The molecule has 2 aromatic rings. The Morgan fingerprint density at radius 1 is 1.17 bits per heavy atom. The maximum atomic E-state index is 13.1. The van der Waals surface area contributed by atoms with Crippen LogP contribution in [0.15, 0.2) is 22.1 Å². The molecule has 0 N–H and O–H groups in total. The van der Waals surface area contributed by atoms with Crippen LogP contribution in [0.3, 0.4) is 0 Å². The molecule has 0 aliphatic carbocycles. The number of aromatic nitrogens is 2. The van der Waals surface area contributed by atoms with E-state index < -0.39 is 21.2 Å². The molecule has 0 amide bonds. The highest BCUT2D eigenvalue weighted by molar-refractivity contribution is 7.91. The van der Waals surface area contributed by atoms with Gasteiger partial charge in [0.1, 0.15) is 11.2 Å². The van der Waals surface area contributed by atoms with Gasteiger partial charge in [0.25, 0.3) is 0 Å². The standard InChI is InChI=1S/C20H27N3O5S/c1-4-22-13-15(20(25)28-5-2)17(24)14-12-16(23-10-8-7-9-11-23)19(21-18(14)22)29(26,27)6-3/h12-13H,4-11H2,1-3H3. The van der Waals surface area contributed by atoms with Crippen molar-refractivity contribution in [2.24, 2.45) is 0 Å². The van der Waals surface area contributed by atoms with E-state index in [1.165, 1.54) is 6.20 Å². The summed E-state index contributed by atoms with van der Waals surface area (Å²) in [6.07, 6.45) is 4.39. The van der Waals surface area contributed by atoms with E-state index in [1.54, 1.807) is 24.5 Å². The zero-order valence-corrected chi connectivity index (χ0v) is 17.9. The number of fused-ring (bicyclic) bond motifs is 1. The molecule has 29 heavy (non-hydrogen) atoms. The number of hydrogen-bond acceptors (Lipinski definition) is 7. The summed E-state index contributed by atoms with van der Waals surface area (Å²) < 4.78 is 32.2. The molecule has 0 radical (unpaired) electrons. The molecule has 0 unspecified atom stereocenters. The van der Waals surface area contributed by atoms with Crippen molar-refractivity contribution < 1.29 is 17.9 Å². The van der Waals surface area contributed by atoms with E-state index in [-0.39, 0.29) is 34.0 Å². The van der Waals surface area contributed by atoms with Gasteiger partial charge in [-0.1, -0.05) is 6.92 Å². The van der Waals surface area contributed by atoms with Crippen molar-refractivity contribution in [3.05, 3.63) is 28.0 Å². The Balaban J connectivity index is 2.35. The molecule has 0 bridgehead atoms. The highest BCUT2D eigenvalue weighted by Gasteiger charge is 2.27. The van der Waals surface area contributed by atoms with E-state index >= 15 is 0 Å². The van der Waals surface area contributed by atoms with Gasteiger partial charge in [0, 0.05) is 25.8 Å². The van der Waals surface area contributed by atoms with Crippen LogP contribution < -0.4 is 10.3 Å². The number of ether oxygens (including phenoxy) is 1. The van der Waals surface area contributed by atoms with Gasteiger partial charge < -0.3 is 14.2 Å². The van der Waals surface area contributed by atoms with Crippen LogP contribution >= 0.6 is 0 Å². The molecule has 1 aliphatic rings. The van der Waals surface area contributed by atoms with Crippen LogP contribution in [0.2, 0.25) is 0 Å².